The zero-order chi connectivity index (χ0) is 17.2. The topological polar surface area (TPSA) is 78.5 Å². The molecule has 9 heteroatoms. The van der Waals surface area contributed by atoms with E-state index in [0.29, 0.717) is 28.0 Å². The highest BCUT2D eigenvalue weighted by atomic mass is 32.2. The summed E-state index contributed by atoms with van der Waals surface area (Å²) in [5, 5.41) is 14.5. The Hall–Kier alpha value is -2.52. The Morgan fingerprint density at radius 3 is 2.84 bits per heavy atom. The number of aromatic nitrogens is 6. The lowest BCUT2D eigenvalue weighted by Gasteiger charge is -2.09. The smallest absolute Gasteiger partial charge is 0.272 e. The van der Waals surface area contributed by atoms with Gasteiger partial charge in [-0.25, -0.2) is 4.98 Å². The van der Waals surface area contributed by atoms with Crippen molar-refractivity contribution in [2.75, 3.05) is 0 Å². The van der Waals surface area contributed by atoms with E-state index in [-0.39, 0.29) is 5.56 Å². The lowest BCUT2D eigenvalue weighted by molar-refractivity contribution is 0.635. The Bertz CT molecular complexity index is 1070. The second-order valence-corrected chi connectivity index (χ2v) is 7.07. The van der Waals surface area contributed by atoms with Gasteiger partial charge in [-0.2, -0.15) is 4.68 Å². The highest BCUT2D eigenvalue weighted by Crippen LogP contribution is 2.23. The molecule has 0 N–H and O–H groups in total. The Morgan fingerprint density at radius 2 is 2.04 bits per heavy atom. The maximum absolute atomic E-state index is 12.6. The predicted molar refractivity (Wildman–Crippen MR) is 98.3 cm³/mol. The molecule has 0 atom stereocenters. The van der Waals surface area contributed by atoms with Crippen LogP contribution in [0, 0.1) is 0 Å². The fraction of sp³-hybridized carbons (Fsp3) is 0.188. The first-order valence-corrected chi connectivity index (χ1v) is 9.58. The summed E-state index contributed by atoms with van der Waals surface area (Å²) in [6.45, 7) is 2.52. The largest absolute Gasteiger partial charge is 0.287 e. The third-order valence-corrected chi connectivity index (χ3v) is 5.58. The average molecular weight is 370 g/mol. The maximum atomic E-state index is 12.6. The molecule has 1 aromatic carbocycles. The van der Waals surface area contributed by atoms with Crippen molar-refractivity contribution in [3.05, 3.63) is 58.0 Å². The van der Waals surface area contributed by atoms with E-state index in [4.69, 9.17) is 0 Å². The van der Waals surface area contributed by atoms with Gasteiger partial charge in [-0.1, -0.05) is 30.0 Å². The third-order valence-electron chi connectivity index (χ3n) is 3.71. The van der Waals surface area contributed by atoms with Crippen molar-refractivity contribution in [1.82, 2.24) is 29.8 Å². The lowest BCUT2D eigenvalue weighted by Crippen LogP contribution is -2.21. The van der Waals surface area contributed by atoms with E-state index in [1.807, 2.05) is 48.7 Å². The molecule has 126 valence electrons. The fourth-order valence-electron chi connectivity index (χ4n) is 2.51. The molecule has 0 unspecified atom stereocenters. The zero-order valence-electron chi connectivity index (χ0n) is 13.4. The second-order valence-electron chi connectivity index (χ2n) is 5.21. The number of hydrogen-bond acceptors (Lipinski definition) is 7. The molecule has 25 heavy (non-hydrogen) atoms. The van der Waals surface area contributed by atoms with Crippen molar-refractivity contribution in [2.45, 2.75) is 24.4 Å². The second kappa shape index (κ2) is 6.77. The van der Waals surface area contributed by atoms with E-state index in [0.717, 1.165) is 11.2 Å². The number of tetrazole rings is 1. The van der Waals surface area contributed by atoms with Gasteiger partial charge in [0.15, 0.2) is 11.0 Å². The molecular weight excluding hydrogens is 356 g/mol. The molecule has 4 rings (SSSR count). The van der Waals surface area contributed by atoms with E-state index in [2.05, 4.69) is 20.5 Å². The van der Waals surface area contributed by atoms with E-state index in [9.17, 15) is 4.79 Å². The van der Waals surface area contributed by atoms with Gasteiger partial charge in [0.05, 0.1) is 17.0 Å². The first kappa shape index (κ1) is 16.0. The number of fused-ring (bicyclic) bond motifs is 1. The summed E-state index contributed by atoms with van der Waals surface area (Å²) in [6, 6.07) is 11.6. The predicted octanol–water partition coefficient (Wildman–Crippen LogP) is 2.75. The molecule has 0 saturated carbocycles. The van der Waals surface area contributed by atoms with E-state index >= 15 is 0 Å². The molecule has 0 fully saturated rings. The molecule has 0 aliphatic carbocycles. The van der Waals surface area contributed by atoms with Gasteiger partial charge >= 0.3 is 0 Å². The van der Waals surface area contributed by atoms with Crippen LogP contribution < -0.4 is 5.56 Å². The van der Waals surface area contributed by atoms with Gasteiger partial charge in [-0.3, -0.25) is 9.36 Å². The van der Waals surface area contributed by atoms with Crippen LogP contribution in [0.3, 0.4) is 0 Å². The van der Waals surface area contributed by atoms with Crippen molar-refractivity contribution in [2.24, 2.45) is 0 Å². The Balaban J connectivity index is 1.66. The first-order chi connectivity index (χ1) is 12.3. The van der Waals surface area contributed by atoms with Gasteiger partial charge in [0.1, 0.15) is 4.70 Å². The van der Waals surface area contributed by atoms with E-state index in [1.165, 1.54) is 23.1 Å². The normalized spacial score (nSPS) is 11.2. The number of thiophene rings is 1. The Morgan fingerprint density at radius 1 is 1.20 bits per heavy atom. The van der Waals surface area contributed by atoms with Crippen molar-refractivity contribution < 1.29 is 0 Å². The molecule has 0 bridgehead atoms. The van der Waals surface area contributed by atoms with E-state index in [1.54, 1.807) is 9.25 Å². The summed E-state index contributed by atoms with van der Waals surface area (Å²) in [7, 11) is 0. The van der Waals surface area contributed by atoms with Crippen LogP contribution in [0.5, 0.6) is 0 Å². The number of hydrogen-bond donors (Lipinski definition) is 0. The first-order valence-electron chi connectivity index (χ1n) is 7.71. The van der Waals surface area contributed by atoms with Gasteiger partial charge in [-0.15, -0.1) is 16.4 Å². The summed E-state index contributed by atoms with van der Waals surface area (Å²) in [4.78, 5) is 17.2. The summed E-state index contributed by atoms with van der Waals surface area (Å²) >= 11 is 2.89. The SMILES string of the molecule is CCn1c(SCc2nnnn2-c2ccccc2)nc2ccsc2c1=O. The van der Waals surface area contributed by atoms with Crippen LogP contribution in [0.2, 0.25) is 0 Å². The number of nitrogens with zero attached hydrogens (tertiary/aromatic N) is 6. The van der Waals surface area contributed by atoms with Crippen LogP contribution in [0.4, 0.5) is 0 Å². The van der Waals surface area contributed by atoms with Crippen LogP contribution in [0.15, 0.2) is 51.7 Å². The maximum Gasteiger partial charge on any atom is 0.272 e. The van der Waals surface area contributed by atoms with Crippen LogP contribution in [-0.4, -0.2) is 29.8 Å². The number of rotatable bonds is 5. The lowest BCUT2D eigenvalue weighted by atomic mass is 10.3. The van der Waals surface area contributed by atoms with Gasteiger partial charge in [-0.05, 0) is 40.9 Å². The Labute approximate surface area is 151 Å². The average Bonchev–Trinajstić information content (AvgIpc) is 3.30. The van der Waals surface area contributed by atoms with Crippen LogP contribution >= 0.6 is 23.1 Å². The van der Waals surface area contributed by atoms with Gasteiger partial charge < -0.3 is 0 Å². The van der Waals surface area contributed by atoms with Crippen molar-refractivity contribution in [3.63, 3.8) is 0 Å². The number of para-hydroxylation sites is 1. The molecule has 0 spiro atoms. The van der Waals surface area contributed by atoms with Crippen LogP contribution in [0.25, 0.3) is 15.9 Å². The number of thioether (sulfide) groups is 1. The molecule has 3 aromatic heterocycles. The molecule has 7 nitrogen and oxygen atoms in total. The minimum atomic E-state index is 0.00708. The van der Waals surface area contributed by atoms with Crippen molar-refractivity contribution in [1.29, 1.82) is 0 Å². The highest BCUT2D eigenvalue weighted by molar-refractivity contribution is 7.98. The standard InChI is InChI=1S/C16H14N6OS2/c1-2-21-15(23)14-12(8-9-24-14)17-16(21)25-10-13-18-19-20-22(13)11-6-4-3-5-7-11/h3-9H,2,10H2,1H3. The molecule has 3 heterocycles. The van der Waals surface area contributed by atoms with Crippen molar-refractivity contribution in [3.8, 4) is 5.69 Å². The fourth-order valence-corrected chi connectivity index (χ4v) is 4.25. The van der Waals surface area contributed by atoms with Gasteiger partial charge in [0.2, 0.25) is 0 Å². The van der Waals surface area contributed by atoms with Crippen molar-refractivity contribution >= 4 is 33.3 Å². The number of benzene rings is 1. The molecule has 0 amide bonds. The minimum absolute atomic E-state index is 0.00708. The summed E-state index contributed by atoms with van der Waals surface area (Å²) in [5.74, 6) is 1.22. The molecule has 4 aromatic rings. The molecule has 0 aliphatic rings. The van der Waals surface area contributed by atoms with Crippen LogP contribution in [-0.2, 0) is 12.3 Å². The molecular formula is C16H14N6OS2. The molecule has 0 aliphatic heterocycles. The molecule has 0 saturated heterocycles. The quantitative estimate of drug-likeness (QED) is 0.397. The Kier molecular flexibility index (Phi) is 4.33. The van der Waals surface area contributed by atoms with Crippen LogP contribution in [0.1, 0.15) is 12.7 Å². The molecule has 0 radical (unpaired) electrons. The van der Waals surface area contributed by atoms with Gasteiger partial charge in [0.25, 0.3) is 5.56 Å². The zero-order valence-corrected chi connectivity index (χ0v) is 15.0. The van der Waals surface area contributed by atoms with E-state index < -0.39 is 0 Å². The highest BCUT2D eigenvalue weighted by Gasteiger charge is 2.14. The summed E-state index contributed by atoms with van der Waals surface area (Å²) < 4.78 is 4.09. The van der Waals surface area contributed by atoms with Gasteiger partial charge in [0, 0.05) is 6.54 Å². The third kappa shape index (κ3) is 2.96. The summed E-state index contributed by atoms with van der Waals surface area (Å²) in [6.07, 6.45) is 0. The summed E-state index contributed by atoms with van der Waals surface area (Å²) in [5.41, 5.74) is 1.65. The monoisotopic (exact) mass is 370 g/mol. The minimum Gasteiger partial charge on any atom is -0.287 e.